The number of nitrogens with zero attached hydrogens (tertiary/aromatic N) is 2. The number of thioether (sulfide) groups is 1. The summed E-state index contributed by atoms with van der Waals surface area (Å²) in [4.78, 5) is 28.7. The first-order valence-corrected chi connectivity index (χ1v) is 10.2. The highest BCUT2D eigenvalue weighted by Crippen LogP contribution is 2.44. The van der Waals surface area contributed by atoms with E-state index in [1.807, 2.05) is 13.0 Å². The molecule has 26 heavy (non-hydrogen) atoms. The third kappa shape index (κ3) is 3.07. The van der Waals surface area contributed by atoms with Crippen molar-refractivity contribution in [1.29, 1.82) is 0 Å². The molecular formula is C21H28N2O2S. The molecule has 2 heterocycles. The van der Waals surface area contributed by atoms with Crippen LogP contribution in [0.5, 0.6) is 0 Å². The van der Waals surface area contributed by atoms with Crippen LogP contribution in [0, 0.1) is 6.92 Å². The Hall–Kier alpha value is -1.75. The summed E-state index contributed by atoms with van der Waals surface area (Å²) in [5.74, 6) is 0.283. The number of carbonyl (C=O) groups is 2. The van der Waals surface area contributed by atoms with Crippen molar-refractivity contribution in [1.82, 2.24) is 4.90 Å². The van der Waals surface area contributed by atoms with E-state index in [9.17, 15) is 9.59 Å². The number of hydrogen-bond acceptors (Lipinski definition) is 4. The molecular weight excluding hydrogens is 344 g/mol. The average molecular weight is 373 g/mol. The lowest BCUT2D eigenvalue weighted by atomic mass is 9.79. The second kappa shape index (κ2) is 6.76. The molecule has 1 fully saturated rings. The maximum absolute atomic E-state index is 12.4. The fraction of sp³-hybridized carbons (Fsp3) is 0.524. The Kier molecular flexibility index (Phi) is 4.95. The molecule has 5 heteroatoms. The Balaban J connectivity index is 2.05. The molecule has 0 N–H and O–H groups in total. The molecule has 2 amide bonds. The quantitative estimate of drug-likeness (QED) is 0.687. The van der Waals surface area contributed by atoms with Crippen molar-refractivity contribution < 1.29 is 9.59 Å². The van der Waals surface area contributed by atoms with E-state index in [1.54, 1.807) is 0 Å². The molecule has 0 saturated carbocycles. The summed E-state index contributed by atoms with van der Waals surface area (Å²) in [6, 6.07) is 4.46. The minimum absolute atomic E-state index is 0.138. The molecule has 3 rings (SSSR count). The van der Waals surface area contributed by atoms with Crippen molar-refractivity contribution >= 4 is 34.7 Å². The highest BCUT2D eigenvalue weighted by molar-refractivity contribution is 8.18. The van der Waals surface area contributed by atoms with Crippen molar-refractivity contribution in [3.8, 4) is 0 Å². The van der Waals surface area contributed by atoms with Gasteiger partial charge in [0.15, 0.2) is 0 Å². The number of aryl methyl sites for hydroxylation is 1. The van der Waals surface area contributed by atoms with Crippen LogP contribution in [-0.4, -0.2) is 34.7 Å². The second-order valence-electron chi connectivity index (χ2n) is 7.86. The zero-order chi connectivity index (χ0) is 19.2. The van der Waals surface area contributed by atoms with E-state index in [0.29, 0.717) is 17.4 Å². The van der Waals surface area contributed by atoms with E-state index in [0.717, 1.165) is 35.9 Å². The Bertz CT molecular complexity index is 797. The van der Waals surface area contributed by atoms with Crippen LogP contribution in [0.4, 0.5) is 10.5 Å². The number of hydrogen-bond donors (Lipinski definition) is 0. The van der Waals surface area contributed by atoms with Crippen molar-refractivity contribution in [2.45, 2.75) is 59.4 Å². The van der Waals surface area contributed by atoms with Crippen molar-refractivity contribution in [2.24, 2.45) is 0 Å². The molecule has 0 unspecified atom stereocenters. The van der Waals surface area contributed by atoms with Crippen LogP contribution in [0.3, 0.4) is 0 Å². The predicted octanol–water partition coefficient (Wildman–Crippen LogP) is 5.16. The molecule has 1 aromatic carbocycles. The number of carbonyl (C=O) groups excluding carboxylic acids is 2. The number of rotatable bonds is 3. The third-order valence-electron chi connectivity index (χ3n) is 5.57. The van der Waals surface area contributed by atoms with Gasteiger partial charge < -0.3 is 4.90 Å². The SMILES string of the molecule is CCN1C(=O)S/C(=C\c2cc3c(cc2C)N(CC)C(C)(C)C[C@H]3C)C1=O. The topological polar surface area (TPSA) is 40.6 Å². The zero-order valence-corrected chi connectivity index (χ0v) is 17.4. The first-order chi connectivity index (χ1) is 12.2. The lowest BCUT2D eigenvalue weighted by Gasteiger charge is -2.47. The van der Waals surface area contributed by atoms with Crippen molar-refractivity contribution in [3.05, 3.63) is 33.7 Å². The van der Waals surface area contributed by atoms with E-state index in [-0.39, 0.29) is 16.7 Å². The smallest absolute Gasteiger partial charge is 0.293 e. The molecule has 0 aromatic heterocycles. The fourth-order valence-electron chi connectivity index (χ4n) is 4.32. The van der Waals surface area contributed by atoms with E-state index >= 15 is 0 Å². The van der Waals surface area contributed by atoms with Gasteiger partial charge in [0.05, 0.1) is 4.91 Å². The maximum atomic E-state index is 12.4. The first-order valence-electron chi connectivity index (χ1n) is 9.37. The number of benzene rings is 1. The monoisotopic (exact) mass is 372 g/mol. The summed E-state index contributed by atoms with van der Waals surface area (Å²) >= 11 is 1.04. The maximum Gasteiger partial charge on any atom is 0.293 e. The van der Waals surface area contributed by atoms with Crippen molar-refractivity contribution in [2.75, 3.05) is 18.0 Å². The van der Waals surface area contributed by atoms with Gasteiger partial charge in [-0.2, -0.15) is 0 Å². The van der Waals surface area contributed by atoms with Gasteiger partial charge in [0.1, 0.15) is 0 Å². The largest absolute Gasteiger partial charge is 0.366 e. The molecule has 0 spiro atoms. The fourth-order valence-corrected chi connectivity index (χ4v) is 5.21. The van der Waals surface area contributed by atoms with E-state index in [2.05, 4.69) is 51.7 Å². The van der Waals surface area contributed by atoms with E-state index in [4.69, 9.17) is 0 Å². The Morgan fingerprint density at radius 1 is 1.23 bits per heavy atom. The summed E-state index contributed by atoms with van der Waals surface area (Å²) < 4.78 is 0. The van der Waals surface area contributed by atoms with Gasteiger partial charge in [0.2, 0.25) is 0 Å². The first kappa shape index (κ1) is 19.0. The molecule has 0 bridgehead atoms. The van der Waals surface area contributed by atoms with Gasteiger partial charge >= 0.3 is 0 Å². The summed E-state index contributed by atoms with van der Waals surface area (Å²) in [7, 11) is 0. The minimum atomic E-state index is -0.177. The summed E-state index contributed by atoms with van der Waals surface area (Å²) in [5.41, 5.74) is 4.94. The number of likely N-dealkylation sites (N-methyl/N-ethyl adjacent to an activating group) is 1. The van der Waals surface area contributed by atoms with E-state index < -0.39 is 0 Å². The highest BCUT2D eigenvalue weighted by atomic mass is 32.2. The van der Waals surface area contributed by atoms with Crippen molar-refractivity contribution in [3.63, 3.8) is 0 Å². The standard InChI is InChI=1S/C21H28N2O2S/c1-7-22-19(24)18(26-20(22)25)11-15-10-16-14(4)12-21(5,6)23(8-2)17(16)9-13(15)3/h9-11,14H,7-8,12H2,1-6H3/b18-11-/t14-/m1/s1. The predicted molar refractivity (Wildman–Crippen MR) is 110 cm³/mol. The van der Waals surface area contributed by atoms with Gasteiger partial charge in [-0.3, -0.25) is 14.5 Å². The Morgan fingerprint density at radius 3 is 2.50 bits per heavy atom. The van der Waals surface area contributed by atoms with Crippen LogP contribution in [-0.2, 0) is 4.79 Å². The van der Waals surface area contributed by atoms with Gasteiger partial charge in [0, 0.05) is 24.3 Å². The molecule has 2 aliphatic rings. The zero-order valence-electron chi connectivity index (χ0n) is 16.5. The van der Waals surface area contributed by atoms with Gasteiger partial charge in [-0.05, 0) is 93.6 Å². The second-order valence-corrected chi connectivity index (χ2v) is 8.85. The van der Waals surface area contributed by atoms with Crippen LogP contribution in [0.15, 0.2) is 17.0 Å². The third-order valence-corrected chi connectivity index (χ3v) is 6.47. The van der Waals surface area contributed by atoms with Gasteiger partial charge in [-0.1, -0.05) is 6.92 Å². The number of amides is 2. The number of anilines is 1. The molecule has 1 saturated heterocycles. The lowest BCUT2D eigenvalue weighted by Crippen LogP contribution is -2.48. The van der Waals surface area contributed by atoms with E-state index in [1.165, 1.54) is 16.2 Å². The van der Waals surface area contributed by atoms with Crippen LogP contribution in [0.25, 0.3) is 6.08 Å². The van der Waals surface area contributed by atoms with Crippen LogP contribution in [0.2, 0.25) is 0 Å². The summed E-state index contributed by atoms with van der Waals surface area (Å²) in [6.45, 7) is 14.4. The van der Waals surface area contributed by atoms with Gasteiger partial charge in [-0.25, -0.2) is 0 Å². The molecule has 1 aromatic rings. The molecule has 140 valence electrons. The Morgan fingerprint density at radius 2 is 1.92 bits per heavy atom. The summed E-state index contributed by atoms with van der Waals surface area (Å²) in [6.07, 6.45) is 2.99. The van der Waals surface area contributed by atoms with Gasteiger partial charge in [-0.15, -0.1) is 0 Å². The normalized spacial score (nSPS) is 23.8. The number of fused-ring (bicyclic) bond motifs is 1. The molecule has 1 atom stereocenters. The molecule has 0 radical (unpaired) electrons. The Labute approximate surface area is 160 Å². The minimum Gasteiger partial charge on any atom is -0.366 e. The number of imide groups is 1. The van der Waals surface area contributed by atoms with Crippen LogP contribution in [0.1, 0.15) is 63.6 Å². The summed E-state index contributed by atoms with van der Waals surface area (Å²) in [5, 5.41) is -0.174. The van der Waals surface area contributed by atoms with Gasteiger partial charge in [0.25, 0.3) is 11.1 Å². The molecule has 4 nitrogen and oxygen atoms in total. The lowest BCUT2D eigenvalue weighted by molar-refractivity contribution is -0.122. The highest BCUT2D eigenvalue weighted by Gasteiger charge is 2.36. The van der Waals surface area contributed by atoms with Crippen LogP contribution >= 0.6 is 11.8 Å². The molecule has 0 aliphatic carbocycles. The van der Waals surface area contributed by atoms with Crippen LogP contribution < -0.4 is 4.90 Å². The average Bonchev–Trinajstić information content (AvgIpc) is 2.81. The molecule has 2 aliphatic heterocycles.